The Morgan fingerprint density at radius 1 is 1.00 bits per heavy atom. The van der Waals surface area contributed by atoms with Crippen molar-refractivity contribution in [2.24, 2.45) is 0 Å². The van der Waals surface area contributed by atoms with E-state index in [9.17, 15) is 9.50 Å². The van der Waals surface area contributed by atoms with Crippen LogP contribution in [0.15, 0.2) is 42.5 Å². The summed E-state index contributed by atoms with van der Waals surface area (Å²) in [6.45, 7) is 0. The first-order valence-corrected chi connectivity index (χ1v) is 5.72. The van der Waals surface area contributed by atoms with Gasteiger partial charge in [0.05, 0.1) is 5.02 Å². The van der Waals surface area contributed by atoms with Crippen molar-refractivity contribution in [1.82, 2.24) is 0 Å². The molecule has 1 unspecified atom stereocenters. The Hall–Kier alpha value is -1.09. The van der Waals surface area contributed by atoms with Gasteiger partial charge in [-0.3, -0.25) is 0 Å². The van der Waals surface area contributed by atoms with E-state index in [2.05, 4.69) is 0 Å². The lowest BCUT2D eigenvalue weighted by Gasteiger charge is -2.12. The van der Waals surface area contributed by atoms with Gasteiger partial charge in [0.15, 0.2) is 0 Å². The summed E-state index contributed by atoms with van der Waals surface area (Å²) in [4.78, 5) is 0. The third-order valence-electron chi connectivity index (χ3n) is 2.42. The summed E-state index contributed by atoms with van der Waals surface area (Å²) in [5, 5.41) is 10.6. The molecule has 0 saturated carbocycles. The molecule has 17 heavy (non-hydrogen) atoms. The third kappa shape index (κ3) is 2.78. The van der Waals surface area contributed by atoms with Crippen molar-refractivity contribution in [3.8, 4) is 0 Å². The lowest BCUT2D eigenvalue weighted by molar-refractivity contribution is 0.220. The molecule has 2 aromatic rings. The summed E-state index contributed by atoms with van der Waals surface area (Å²) in [6.07, 6.45) is -0.916. The molecule has 2 aromatic carbocycles. The molecular weight excluding hydrogens is 262 g/mol. The largest absolute Gasteiger partial charge is 0.384 e. The van der Waals surface area contributed by atoms with Crippen molar-refractivity contribution >= 4 is 23.2 Å². The van der Waals surface area contributed by atoms with Crippen molar-refractivity contribution in [1.29, 1.82) is 0 Å². The van der Waals surface area contributed by atoms with Crippen LogP contribution in [0, 0.1) is 5.82 Å². The molecule has 1 nitrogen and oxygen atoms in total. The molecule has 0 amide bonds. The second-order valence-corrected chi connectivity index (χ2v) is 4.47. The zero-order chi connectivity index (χ0) is 12.4. The van der Waals surface area contributed by atoms with Gasteiger partial charge in [-0.25, -0.2) is 4.39 Å². The van der Waals surface area contributed by atoms with Crippen molar-refractivity contribution in [3.63, 3.8) is 0 Å². The molecule has 88 valence electrons. The smallest absolute Gasteiger partial charge is 0.142 e. The highest BCUT2D eigenvalue weighted by Gasteiger charge is 2.12. The molecule has 2 rings (SSSR count). The van der Waals surface area contributed by atoms with E-state index >= 15 is 0 Å². The van der Waals surface area contributed by atoms with Crippen LogP contribution in [0.5, 0.6) is 0 Å². The van der Waals surface area contributed by atoms with Gasteiger partial charge >= 0.3 is 0 Å². The minimum Gasteiger partial charge on any atom is -0.384 e. The number of aliphatic hydroxyl groups excluding tert-OH is 1. The Morgan fingerprint density at radius 3 is 2.35 bits per heavy atom. The number of hydrogen-bond acceptors (Lipinski definition) is 1. The van der Waals surface area contributed by atoms with Crippen LogP contribution in [0.25, 0.3) is 0 Å². The van der Waals surface area contributed by atoms with Crippen LogP contribution < -0.4 is 0 Å². The third-order valence-corrected chi connectivity index (χ3v) is 2.97. The molecule has 1 atom stereocenters. The fraction of sp³-hybridized carbons (Fsp3) is 0.0769. The summed E-state index contributed by atoms with van der Waals surface area (Å²) in [5.74, 6) is -0.551. The van der Waals surface area contributed by atoms with Gasteiger partial charge < -0.3 is 5.11 Å². The summed E-state index contributed by atoms with van der Waals surface area (Å²) < 4.78 is 13.3. The maximum absolute atomic E-state index is 13.3. The first kappa shape index (κ1) is 12.4. The van der Waals surface area contributed by atoms with Gasteiger partial charge in [0.2, 0.25) is 0 Å². The monoisotopic (exact) mass is 270 g/mol. The van der Waals surface area contributed by atoms with Gasteiger partial charge in [-0.15, -0.1) is 0 Å². The first-order chi connectivity index (χ1) is 8.08. The first-order valence-electron chi connectivity index (χ1n) is 4.96. The lowest BCUT2D eigenvalue weighted by Crippen LogP contribution is -2.00. The maximum Gasteiger partial charge on any atom is 0.142 e. The minimum absolute atomic E-state index is 0.0343. The highest BCUT2D eigenvalue weighted by molar-refractivity contribution is 6.31. The molecule has 0 saturated heterocycles. The van der Waals surface area contributed by atoms with Crippen LogP contribution >= 0.6 is 23.2 Å². The van der Waals surface area contributed by atoms with Gasteiger partial charge in [-0.2, -0.15) is 0 Å². The number of rotatable bonds is 2. The van der Waals surface area contributed by atoms with E-state index in [4.69, 9.17) is 23.2 Å². The number of aliphatic hydroxyl groups is 1. The number of hydrogen-bond donors (Lipinski definition) is 1. The quantitative estimate of drug-likeness (QED) is 0.867. The maximum atomic E-state index is 13.3. The fourth-order valence-corrected chi connectivity index (χ4v) is 1.87. The van der Waals surface area contributed by atoms with Gasteiger partial charge in [0, 0.05) is 5.02 Å². The minimum atomic E-state index is -0.916. The second kappa shape index (κ2) is 5.05. The van der Waals surface area contributed by atoms with E-state index in [1.54, 1.807) is 30.3 Å². The van der Waals surface area contributed by atoms with Crippen molar-refractivity contribution in [2.75, 3.05) is 0 Å². The molecule has 1 N–H and O–H groups in total. The van der Waals surface area contributed by atoms with Gasteiger partial charge in [0.25, 0.3) is 0 Å². The molecule has 0 bridgehead atoms. The van der Waals surface area contributed by atoms with Crippen molar-refractivity contribution in [2.45, 2.75) is 6.10 Å². The Morgan fingerprint density at radius 2 is 1.71 bits per heavy atom. The van der Waals surface area contributed by atoms with E-state index in [1.807, 2.05) is 0 Å². The second-order valence-electron chi connectivity index (χ2n) is 3.63. The Bertz CT molecular complexity index is 543. The van der Waals surface area contributed by atoms with Crippen molar-refractivity contribution in [3.05, 3.63) is 69.5 Å². The van der Waals surface area contributed by atoms with Gasteiger partial charge in [-0.1, -0.05) is 41.4 Å². The zero-order valence-electron chi connectivity index (χ0n) is 8.70. The molecule has 0 spiro atoms. The van der Waals surface area contributed by atoms with Crippen LogP contribution in [-0.4, -0.2) is 5.11 Å². The summed E-state index contributed by atoms with van der Waals surface area (Å²) in [5.41, 5.74) is 1.05. The van der Waals surface area contributed by atoms with E-state index in [1.165, 1.54) is 12.1 Å². The van der Waals surface area contributed by atoms with Crippen LogP contribution in [0.2, 0.25) is 10.0 Å². The van der Waals surface area contributed by atoms with E-state index in [0.29, 0.717) is 16.1 Å². The Kier molecular flexibility index (Phi) is 3.67. The average molecular weight is 271 g/mol. The highest BCUT2D eigenvalue weighted by Crippen LogP contribution is 2.26. The molecule has 0 aromatic heterocycles. The SMILES string of the molecule is OC(c1cccc(Cl)c1)c1ccc(Cl)c(F)c1. The molecule has 4 heteroatoms. The van der Waals surface area contributed by atoms with E-state index < -0.39 is 11.9 Å². The molecule has 0 heterocycles. The van der Waals surface area contributed by atoms with Crippen molar-refractivity contribution < 1.29 is 9.50 Å². The summed E-state index contributed by atoms with van der Waals surface area (Å²) in [6, 6.07) is 11.0. The predicted octanol–water partition coefficient (Wildman–Crippen LogP) is 4.21. The molecule has 0 radical (unpaired) electrons. The zero-order valence-corrected chi connectivity index (χ0v) is 10.2. The van der Waals surface area contributed by atoms with E-state index in [-0.39, 0.29) is 5.02 Å². The molecule has 0 fully saturated rings. The Labute approximate surface area is 108 Å². The van der Waals surface area contributed by atoms with Crippen LogP contribution in [0.1, 0.15) is 17.2 Å². The molecule has 0 aliphatic carbocycles. The topological polar surface area (TPSA) is 20.2 Å². The fourth-order valence-electron chi connectivity index (χ4n) is 1.55. The van der Waals surface area contributed by atoms with E-state index in [0.717, 1.165) is 0 Å². The van der Waals surface area contributed by atoms with Crippen LogP contribution in [0.3, 0.4) is 0 Å². The van der Waals surface area contributed by atoms with Crippen LogP contribution in [0.4, 0.5) is 4.39 Å². The molecule has 0 aliphatic heterocycles. The predicted molar refractivity (Wildman–Crippen MR) is 66.9 cm³/mol. The number of halogens is 3. The summed E-state index contributed by atoms with van der Waals surface area (Å²) in [7, 11) is 0. The standard InChI is InChI=1S/C13H9Cl2FO/c14-10-3-1-2-8(6-10)13(17)9-4-5-11(15)12(16)7-9/h1-7,13,17H. The van der Waals surface area contributed by atoms with Crippen LogP contribution in [-0.2, 0) is 0 Å². The van der Waals surface area contributed by atoms with Gasteiger partial charge in [-0.05, 0) is 35.4 Å². The Balaban J connectivity index is 2.36. The highest BCUT2D eigenvalue weighted by atomic mass is 35.5. The van der Waals surface area contributed by atoms with Gasteiger partial charge in [0.1, 0.15) is 11.9 Å². The molecular formula is C13H9Cl2FO. The molecule has 0 aliphatic rings. The summed E-state index contributed by atoms with van der Waals surface area (Å²) >= 11 is 11.4. The normalized spacial score (nSPS) is 12.5. The number of benzene rings is 2. The average Bonchev–Trinajstić information content (AvgIpc) is 2.32. The lowest BCUT2D eigenvalue weighted by atomic mass is 10.0.